The van der Waals surface area contributed by atoms with Crippen molar-refractivity contribution in [3.05, 3.63) is 0 Å². The smallest absolute Gasteiger partial charge is 0.317 e. The monoisotopic (exact) mass is 183 g/mol. The topological polar surface area (TPSA) is 58.4 Å². The number of carbonyl (C=O) groups excluding carboxylic acids is 1. The van der Waals surface area contributed by atoms with E-state index in [0.717, 1.165) is 32.4 Å². The number of amides is 2. The van der Waals surface area contributed by atoms with Crippen molar-refractivity contribution in [3.63, 3.8) is 0 Å². The van der Waals surface area contributed by atoms with Gasteiger partial charge in [0.2, 0.25) is 0 Å². The molecule has 0 aromatic carbocycles. The van der Waals surface area contributed by atoms with Gasteiger partial charge in [-0.15, -0.1) is 0 Å². The summed E-state index contributed by atoms with van der Waals surface area (Å²) in [5.74, 6) is 0. The highest BCUT2D eigenvalue weighted by atomic mass is 16.2. The lowest BCUT2D eigenvalue weighted by Crippen LogP contribution is -2.47. The van der Waals surface area contributed by atoms with Crippen LogP contribution in [-0.2, 0) is 0 Å². The number of hydrogen-bond acceptors (Lipinski definition) is 2. The van der Waals surface area contributed by atoms with E-state index in [1.807, 2.05) is 4.90 Å². The molecule has 4 heteroatoms. The lowest BCUT2D eigenvalue weighted by Gasteiger charge is -2.28. The molecule has 1 saturated heterocycles. The summed E-state index contributed by atoms with van der Waals surface area (Å²) in [6, 6.07) is 0.703. The van der Waals surface area contributed by atoms with Gasteiger partial charge in [0.1, 0.15) is 0 Å². The lowest BCUT2D eigenvalue weighted by molar-refractivity contribution is 0.196. The van der Waals surface area contributed by atoms with Crippen molar-refractivity contribution in [2.24, 2.45) is 5.73 Å². The summed E-state index contributed by atoms with van der Waals surface area (Å²) in [4.78, 5) is 13.4. The largest absolute Gasteiger partial charge is 0.335 e. The fourth-order valence-electron chi connectivity index (χ4n) is 1.79. The molecule has 4 nitrogen and oxygen atoms in total. The van der Waals surface area contributed by atoms with E-state index in [9.17, 15) is 4.79 Å². The van der Waals surface area contributed by atoms with Crippen LogP contribution in [0.2, 0.25) is 0 Å². The fraction of sp³-hybridized carbons (Fsp3) is 0.889. The molecule has 0 aromatic rings. The zero-order valence-corrected chi connectivity index (χ0v) is 7.83. The maximum Gasteiger partial charge on any atom is 0.317 e. The predicted molar refractivity (Wildman–Crippen MR) is 50.3 cm³/mol. The number of nitrogens with one attached hydrogen (secondary N) is 1. The van der Waals surface area contributed by atoms with Gasteiger partial charge in [-0.1, -0.05) is 0 Å². The number of nitrogens with two attached hydrogens (primary N) is 1. The van der Waals surface area contributed by atoms with Gasteiger partial charge in [-0.3, -0.25) is 0 Å². The Labute approximate surface area is 78.5 Å². The molecule has 0 bridgehead atoms. The first-order chi connectivity index (χ1) is 6.25. The average molecular weight is 183 g/mol. The zero-order chi connectivity index (χ0) is 9.26. The van der Waals surface area contributed by atoms with Crippen LogP contribution in [0.4, 0.5) is 4.79 Å². The van der Waals surface area contributed by atoms with Gasteiger partial charge in [-0.05, 0) is 25.7 Å². The van der Waals surface area contributed by atoms with E-state index >= 15 is 0 Å². The Hall–Kier alpha value is -0.770. The van der Waals surface area contributed by atoms with Crippen LogP contribution in [0.1, 0.15) is 25.7 Å². The number of likely N-dealkylation sites (tertiary alicyclic amines) is 1. The molecule has 13 heavy (non-hydrogen) atoms. The van der Waals surface area contributed by atoms with Crippen molar-refractivity contribution in [3.8, 4) is 0 Å². The van der Waals surface area contributed by atoms with Crippen LogP contribution < -0.4 is 11.1 Å². The summed E-state index contributed by atoms with van der Waals surface area (Å²) in [6.45, 7) is 1.54. The third kappa shape index (κ3) is 1.94. The van der Waals surface area contributed by atoms with Crippen molar-refractivity contribution >= 4 is 6.03 Å². The molecule has 3 N–H and O–H groups in total. The number of urea groups is 1. The van der Waals surface area contributed by atoms with Gasteiger partial charge in [0, 0.05) is 25.2 Å². The molecule has 2 aliphatic rings. The van der Waals surface area contributed by atoms with E-state index in [2.05, 4.69) is 5.32 Å². The molecule has 2 amide bonds. The van der Waals surface area contributed by atoms with E-state index in [1.54, 1.807) is 0 Å². The highest BCUT2D eigenvalue weighted by Gasteiger charge is 2.26. The Morgan fingerprint density at radius 3 is 2.62 bits per heavy atom. The highest BCUT2D eigenvalue weighted by Crippen LogP contribution is 2.18. The van der Waals surface area contributed by atoms with Gasteiger partial charge in [0.05, 0.1) is 0 Å². The summed E-state index contributed by atoms with van der Waals surface area (Å²) in [5.41, 5.74) is 5.72. The van der Waals surface area contributed by atoms with Gasteiger partial charge in [-0.25, -0.2) is 4.79 Å². The summed E-state index contributed by atoms with van der Waals surface area (Å²) in [7, 11) is 0. The van der Waals surface area contributed by atoms with E-state index in [4.69, 9.17) is 5.73 Å². The van der Waals surface area contributed by atoms with Crippen LogP contribution in [-0.4, -0.2) is 36.1 Å². The molecule has 1 aliphatic carbocycles. The van der Waals surface area contributed by atoms with Crippen LogP contribution in [0, 0.1) is 0 Å². The van der Waals surface area contributed by atoms with Gasteiger partial charge in [-0.2, -0.15) is 0 Å². The molecular formula is C9H17N3O. The average Bonchev–Trinajstić information content (AvgIpc) is 2.44. The molecule has 0 radical (unpaired) electrons. The number of hydrogen-bond donors (Lipinski definition) is 2. The number of nitrogens with zero attached hydrogens (tertiary/aromatic N) is 1. The van der Waals surface area contributed by atoms with Crippen molar-refractivity contribution < 1.29 is 4.79 Å². The van der Waals surface area contributed by atoms with E-state index < -0.39 is 0 Å². The lowest BCUT2D eigenvalue weighted by atomic mass is 9.93. The molecule has 74 valence electrons. The molecule has 2 fully saturated rings. The summed E-state index contributed by atoms with van der Waals surface area (Å²) < 4.78 is 0. The van der Waals surface area contributed by atoms with Gasteiger partial charge >= 0.3 is 6.03 Å². The standard InChI is InChI=1S/C9H17N3O/c10-7-4-5-12(6-7)9(13)11-8-2-1-3-8/h7-8H,1-6,10H2,(H,11,13)/t7-/m1/s1. The van der Waals surface area contributed by atoms with Crippen LogP contribution in [0.25, 0.3) is 0 Å². The zero-order valence-electron chi connectivity index (χ0n) is 7.83. The minimum atomic E-state index is 0.0812. The Kier molecular flexibility index (Phi) is 2.40. The van der Waals surface area contributed by atoms with E-state index in [1.165, 1.54) is 6.42 Å². The first-order valence-corrected chi connectivity index (χ1v) is 5.07. The highest BCUT2D eigenvalue weighted by molar-refractivity contribution is 5.75. The third-order valence-corrected chi connectivity index (χ3v) is 2.94. The Morgan fingerprint density at radius 2 is 2.15 bits per heavy atom. The molecule has 1 atom stereocenters. The molecule has 0 spiro atoms. The summed E-state index contributed by atoms with van der Waals surface area (Å²) in [6.07, 6.45) is 4.49. The van der Waals surface area contributed by atoms with Gasteiger partial charge < -0.3 is 16.0 Å². The second kappa shape index (κ2) is 3.54. The molecule has 2 rings (SSSR count). The summed E-state index contributed by atoms with van der Waals surface area (Å²) >= 11 is 0. The molecule has 1 aliphatic heterocycles. The fourth-order valence-corrected chi connectivity index (χ4v) is 1.79. The van der Waals surface area contributed by atoms with Crippen molar-refractivity contribution in [1.82, 2.24) is 10.2 Å². The minimum absolute atomic E-state index is 0.0812. The van der Waals surface area contributed by atoms with Gasteiger partial charge in [0.25, 0.3) is 0 Å². The molecule has 1 saturated carbocycles. The Bertz CT molecular complexity index is 203. The van der Waals surface area contributed by atoms with Crippen molar-refractivity contribution in [2.75, 3.05) is 13.1 Å². The second-order valence-electron chi connectivity index (χ2n) is 4.07. The SMILES string of the molecule is N[C@@H]1CCN(C(=O)NC2CCC2)C1. The number of rotatable bonds is 1. The maximum absolute atomic E-state index is 11.6. The molecular weight excluding hydrogens is 166 g/mol. The van der Waals surface area contributed by atoms with Crippen LogP contribution in [0.3, 0.4) is 0 Å². The normalized spacial score (nSPS) is 28.7. The van der Waals surface area contributed by atoms with Crippen LogP contribution in [0.15, 0.2) is 0 Å². The van der Waals surface area contributed by atoms with E-state index in [-0.39, 0.29) is 12.1 Å². The Balaban J connectivity index is 1.76. The van der Waals surface area contributed by atoms with Crippen LogP contribution in [0.5, 0.6) is 0 Å². The van der Waals surface area contributed by atoms with Crippen LogP contribution >= 0.6 is 0 Å². The summed E-state index contributed by atoms with van der Waals surface area (Å²) in [5, 5.41) is 3.01. The Morgan fingerprint density at radius 1 is 1.38 bits per heavy atom. The maximum atomic E-state index is 11.6. The quantitative estimate of drug-likeness (QED) is 0.613. The molecule has 0 aromatic heterocycles. The molecule has 1 heterocycles. The minimum Gasteiger partial charge on any atom is -0.335 e. The second-order valence-corrected chi connectivity index (χ2v) is 4.07. The predicted octanol–water partition coefficient (Wildman–Crippen LogP) is 0.281. The van der Waals surface area contributed by atoms with Gasteiger partial charge in [0.15, 0.2) is 0 Å². The first kappa shape index (κ1) is 8.81. The van der Waals surface area contributed by atoms with Crippen molar-refractivity contribution in [1.29, 1.82) is 0 Å². The van der Waals surface area contributed by atoms with E-state index in [0.29, 0.717) is 6.04 Å². The third-order valence-electron chi connectivity index (χ3n) is 2.94. The van der Waals surface area contributed by atoms with Crippen molar-refractivity contribution in [2.45, 2.75) is 37.8 Å². The number of carbonyl (C=O) groups is 1. The molecule has 0 unspecified atom stereocenters. The first-order valence-electron chi connectivity index (χ1n) is 5.07.